The summed E-state index contributed by atoms with van der Waals surface area (Å²) in [4.78, 5) is 13.1. The minimum absolute atomic E-state index is 0.159. The highest BCUT2D eigenvalue weighted by atomic mass is 35.5. The van der Waals surface area contributed by atoms with E-state index in [1.165, 1.54) is 11.3 Å². The number of aromatic nitrogens is 3. The lowest BCUT2D eigenvalue weighted by Crippen LogP contribution is -1.99. The molecule has 3 aromatic rings. The molecule has 0 spiro atoms. The molecule has 5 nitrogen and oxygen atoms in total. The van der Waals surface area contributed by atoms with Crippen LogP contribution >= 0.6 is 22.9 Å². The van der Waals surface area contributed by atoms with E-state index in [4.69, 9.17) is 23.1 Å². The van der Waals surface area contributed by atoms with Crippen molar-refractivity contribution in [3.8, 4) is 10.6 Å². The molecule has 90 valence electrons. The van der Waals surface area contributed by atoms with E-state index in [2.05, 4.69) is 15.0 Å². The number of fused-ring (bicyclic) bond motifs is 1. The summed E-state index contributed by atoms with van der Waals surface area (Å²) >= 11 is 7.27. The first-order valence-corrected chi connectivity index (χ1v) is 6.28. The van der Waals surface area contributed by atoms with Crippen LogP contribution in [-0.4, -0.2) is 15.0 Å². The maximum atomic E-state index is 5.85. The predicted octanol–water partition coefficient (Wildman–Crippen LogP) is 2.57. The molecule has 0 saturated heterocycles. The van der Waals surface area contributed by atoms with Crippen molar-refractivity contribution in [3.63, 3.8) is 0 Å². The second-order valence-electron chi connectivity index (χ2n) is 3.65. The van der Waals surface area contributed by atoms with E-state index in [0.29, 0.717) is 21.2 Å². The Kier molecular flexibility index (Phi) is 2.53. The Labute approximate surface area is 111 Å². The predicted molar refractivity (Wildman–Crippen MR) is 74.5 cm³/mol. The molecule has 18 heavy (non-hydrogen) atoms. The van der Waals surface area contributed by atoms with Gasteiger partial charge in [-0.1, -0.05) is 35.1 Å². The van der Waals surface area contributed by atoms with Crippen LogP contribution in [0.5, 0.6) is 0 Å². The average Bonchev–Trinajstić information content (AvgIpc) is 2.74. The maximum Gasteiger partial charge on any atom is 0.223 e. The van der Waals surface area contributed by atoms with E-state index >= 15 is 0 Å². The smallest absolute Gasteiger partial charge is 0.223 e. The molecule has 0 aliphatic rings. The summed E-state index contributed by atoms with van der Waals surface area (Å²) in [5.41, 5.74) is 12.9. The van der Waals surface area contributed by atoms with Gasteiger partial charge in [0, 0.05) is 10.6 Å². The summed E-state index contributed by atoms with van der Waals surface area (Å²) in [7, 11) is 0. The van der Waals surface area contributed by atoms with Crippen molar-refractivity contribution in [1.82, 2.24) is 15.0 Å². The van der Waals surface area contributed by atoms with Crippen LogP contribution in [0.25, 0.3) is 20.9 Å². The molecule has 3 rings (SSSR count). The molecule has 0 fully saturated rings. The van der Waals surface area contributed by atoms with Crippen LogP contribution in [0.1, 0.15) is 0 Å². The van der Waals surface area contributed by atoms with Crippen molar-refractivity contribution in [3.05, 3.63) is 29.3 Å². The number of rotatable bonds is 1. The molecule has 4 N–H and O–H groups in total. The summed E-state index contributed by atoms with van der Waals surface area (Å²) in [6.45, 7) is 0. The maximum absolute atomic E-state index is 5.85. The van der Waals surface area contributed by atoms with Crippen LogP contribution in [0.15, 0.2) is 24.3 Å². The number of benzene rings is 1. The van der Waals surface area contributed by atoms with Crippen LogP contribution in [0.3, 0.4) is 0 Å². The van der Waals surface area contributed by atoms with Crippen LogP contribution < -0.4 is 11.5 Å². The molecular weight excluding hydrogens is 270 g/mol. The molecule has 0 atom stereocenters. The van der Waals surface area contributed by atoms with Gasteiger partial charge in [-0.25, -0.2) is 9.97 Å². The van der Waals surface area contributed by atoms with Gasteiger partial charge in [0.15, 0.2) is 10.6 Å². The van der Waals surface area contributed by atoms with Crippen molar-refractivity contribution in [1.29, 1.82) is 0 Å². The lowest BCUT2D eigenvalue weighted by molar-refractivity contribution is 1.24. The molecule has 0 aliphatic carbocycles. The van der Waals surface area contributed by atoms with Crippen molar-refractivity contribution in [2.24, 2.45) is 0 Å². The Morgan fingerprint density at radius 2 is 1.72 bits per heavy atom. The Bertz CT molecular complexity index is 722. The third-order valence-corrected chi connectivity index (χ3v) is 3.64. The van der Waals surface area contributed by atoms with Crippen LogP contribution in [-0.2, 0) is 0 Å². The van der Waals surface area contributed by atoms with Crippen molar-refractivity contribution in [2.75, 3.05) is 11.5 Å². The Balaban J connectivity index is 2.19. The SMILES string of the molecule is Nc1nc(N)c2nc(-c3ccc(Cl)cc3)sc2n1. The van der Waals surface area contributed by atoms with E-state index in [1.807, 2.05) is 24.3 Å². The highest BCUT2D eigenvalue weighted by Crippen LogP contribution is 2.31. The number of nitrogen functional groups attached to an aromatic ring is 2. The lowest BCUT2D eigenvalue weighted by atomic mass is 10.2. The summed E-state index contributed by atoms with van der Waals surface area (Å²) < 4.78 is 0. The first-order valence-electron chi connectivity index (χ1n) is 5.09. The number of nitrogens with two attached hydrogens (primary N) is 2. The number of anilines is 2. The van der Waals surface area contributed by atoms with Gasteiger partial charge in [-0.2, -0.15) is 4.98 Å². The highest BCUT2D eigenvalue weighted by molar-refractivity contribution is 7.21. The van der Waals surface area contributed by atoms with Gasteiger partial charge >= 0.3 is 0 Å². The second kappa shape index (κ2) is 4.08. The van der Waals surface area contributed by atoms with Gasteiger partial charge in [-0.05, 0) is 12.1 Å². The van der Waals surface area contributed by atoms with Crippen LogP contribution in [0, 0.1) is 0 Å². The fourth-order valence-electron chi connectivity index (χ4n) is 1.58. The van der Waals surface area contributed by atoms with E-state index in [9.17, 15) is 0 Å². The number of nitrogens with zero attached hydrogens (tertiary/aromatic N) is 3. The van der Waals surface area contributed by atoms with Gasteiger partial charge in [0.25, 0.3) is 0 Å². The Hall–Kier alpha value is -1.92. The van der Waals surface area contributed by atoms with Gasteiger partial charge in [0.2, 0.25) is 5.95 Å². The van der Waals surface area contributed by atoms with E-state index < -0.39 is 0 Å². The number of hydrogen-bond donors (Lipinski definition) is 2. The van der Waals surface area contributed by atoms with Gasteiger partial charge in [-0.3, -0.25) is 0 Å². The third-order valence-electron chi connectivity index (χ3n) is 2.39. The molecule has 0 radical (unpaired) electrons. The van der Waals surface area contributed by atoms with Crippen LogP contribution in [0.2, 0.25) is 5.02 Å². The van der Waals surface area contributed by atoms with Gasteiger partial charge in [0.05, 0.1) is 0 Å². The first kappa shape index (κ1) is 11.2. The average molecular weight is 278 g/mol. The first-order chi connectivity index (χ1) is 8.63. The minimum Gasteiger partial charge on any atom is -0.382 e. The van der Waals surface area contributed by atoms with Gasteiger partial charge in [0.1, 0.15) is 10.5 Å². The number of halogens is 1. The fourth-order valence-corrected chi connectivity index (χ4v) is 2.66. The topological polar surface area (TPSA) is 90.7 Å². The highest BCUT2D eigenvalue weighted by Gasteiger charge is 2.11. The summed E-state index contributed by atoms with van der Waals surface area (Å²) in [6, 6.07) is 7.42. The van der Waals surface area contributed by atoms with Crippen molar-refractivity contribution in [2.45, 2.75) is 0 Å². The summed E-state index contributed by atoms with van der Waals surface area (Å²) in [6.07, 6.45) is 0. The molecular formula is C11H8ClN5S. The molecule has 0 amide bonds. The van der Waals surface area contributed by atoms with Crippen LogP contribution in [0.4, 0.5) is 11.8 Å². The quantitative estimate of drug-likeness (QED) is 0.713. The lowest BCUT2D eigenvalue weighted by Gasteiger charge is -1.95. The zero-order chi connectivity index (χ0) is 12.7. The standard InChI is InChI=1S/C11H8ClN5S/c12-6-3-1-5(2-4-6)9-15-7-8(13)16-11(14)17-10(7)18-9/h1-4H,(H4,13,14,16,17). The molecule has 0 aliphatic heterocycles. The molecule has 1 aromatic carbocycles. The summed E-state index contributed by atoms with van der Waals surface area (Å²) in [5, 5.41) is 1.50. The zero-order valence-electron chi connectivity index (χ0n) is 9.09. The van der Waals surface area contributed by atoms with E-state index in [1.54, 1.807) is 0 Å². The van der Waals surface area contributed by atoms with Crippen molar-refractivity contribution < 1.29 is 0 Å². The minimum atomic E-state index is 0.159. The van der Waals surface area contributed by atoms with E-state index in [-0.39, 0.29) is 5.95 Å². The Morgan fingerprint density at radius 1 is 1.00 bits per heavy atom. The number of hydrogen-bond acceptors (Lipinski definition) is 6. The molecule has 0 saturated carbocycles. The normalized spacial score (nSPS) is 10.9. The molecule has 0 bridgehead atoms. The molecule has 0 unspecified atom stereocenters. The fraction of sp³-hybridized carbons (Fsp3) is 0. The monoisotopic (exact) mass is 277 g/mol. The summed E-state index contributed by atoms with van der Waals surface area (Å²) in [5.74, 6) is 0.459. The molecule has 7 heteroatoms. The molecule has 2 heterocycles. The van der Waals surface area contributed by atoms with Gasteiger partial charge in [-0.15, -0.1) is 0 Å². The molecule has 2 aromatic heterocycles. The largest absolute Gasteiger partial charge is 0.382 e. The van der Waals surface area contributed by atoms with E-state index in [0.717, 1.165) is 10.6 Å². The van der Waals surface area contributed by atoms with Gasteiger partial charge < -0.3 is 11.5 Å². The second-order valence-corrected chi connectivity index (χ2v) is 5.06. The number of thiazole rings is 1. The zero-order valence-corrected chi connectivity index (χ0v) is 10.7. The third kappa shape index (κ3) is 1.85. The van der Waals surface area contributed by atoms with Crippen molar-refractivity contribution >= 4 is 45.1 Å². The Morgan fingerprint density at radius 3 is 2.44 bits per heavy atom.